The van der Waals surface area contributed by atoms with Crippen molar-refractivity contribution in [2.75, 3.05) is 12.4 Å². The lowest BCUT2D eigenvalue weighted by Crippen LogP contribution is -2.42. The van der Waals surface area contributed by atoms with Crippen molar-refractivity contribution in [3.05, 3.63) is 93.7 Å². The highest BCUT2D eigenvalue weighted by atomic mass is 32.2. The summed E-state index contributed by atoms with van der Waals surface area (Å²) in [5, 5.41) is 8.37. The molecule has 0 radical (unpaired) electrons. The molecule has 1 amide bonds. The molecule has 0 spiro atoms. The lowest BCUT2D eigenvalue weighted by atomic mass is 9.97. The molecule has 0 saturated heterocycles. The van der Waals surface area contributed by atoms with Gasteiger partial charge in [0.05, 0.1) is 35.2 Å². The Kier molecular flexibility index (Phi) is 6.68. The van der Waals surface area contributed by atoms with Crippen molar-refractivity contribution in [1.82, 2.24) is 5.32 Å². The number of rotatable bonds is 6. The molecular formula is C27H26N4O2S2. The molecule has 1 unspecified atom stereocenters. The largest absolute Gasteiger partial charge is 0.496 e. The van der Waals surface area contributed by atoms with Gasteiger partial charge in [0, 0.05) is 16.2 Å². The summed E-state index contributed by atoms with van der Waals surface area (Å²) in [4.78, 5) is 16.5. The number of carbonyl (C=O) groups is 1. The number of methoxy groups -OCH3 is 1. The maximum absolute atomic E-state index is 13.4. The molecule has 6 nitrogen and oxygen atoms in total. The van der Waals surface area contributed by atoms with E-state index in [0.29, 0.717) is 17.7 Å². The lowest BCUT2D eigenvalue weighted by molar-refractivity contribution is 0.0936. The fourth-order valence-electron chi connectivity index (χ4n) is 4.15. The van der Waals surface area contributed by atoms with Crippen LogP contribution < -0.4 is 26.8 Å². The van der Waals surface area contributed by atoms with Crippen molar-refractivity contribution in [2.24, 2.45) is 11.5 Å². The number of nitrogens with two attached hydrogens (primary N) is 2. The van der Waals surface area contributed by atoms with Gasteiger partial charge in [0.2, 0.25) is 0 Å². The van der Waals surface area contributed by atoms with Gasteiger partial charge in [-0.1, -0.05) is 48.2 Å². The van der Waals surface area contributed by atoms with Crippen LogP contribution >= 0.6 is 23.1 Å². The van der Waals surface area contributed by atoms with E-state index in [4.69, 9.17) is 16.2 Å². The molecule has 1 aliphatic heterocycles. The number of nitrogens with one attached hydrogen (secondary N) is 2. The molecule has 3 aromatic rings. The van der Waals surface area contributed by atoms with Crippen molar-refractivity contribution < 1.29 is 9.53 Å². The summed E-state index contributed by atoms with van der Waals surface area (Å²) in [6.45, 7) is 0. The number of carbonyl (C=O) groups excluding carboxylic acids is 1. The topological polar surface area (TPSA) is 102 Å². The number of thiophene rings is 1. The van der Waals surface area contributed by atoms with Gasteiger partial charge in [-0.25, -0.2) is 0 Å². The van der Waals surface area contributed by atoms with Gasteiger partial charge in [-0.15, -0.1) is 11.3 Å². The summed E-state index contributed by atoms with van der Waals surface area (Å²) in [7, 11) is 1.56. The standard InChI is InChI=1S/C27H26N4O2S2/c1-33-19-12-13-22-26(30-18-5-2-3-6-20(18)35-22)24(19)27(32)31-23(28)15-16-8-10-17(11-9-16)25(29)21-7-4-14-34-21/h2-10,12-14,23,30H,11,15,28-29H2,1H3,(H,31,32). The van der Waals surface area contributed by atoms with Crippen LogP contribution in [-0.2, 0) is 0 Å². The molecule has 0 fully saturated rings. The van der Waals surface area contributed by atoms with Crippen molar-refractivity contribution in [3.8, 4) is 5.75 Å². The van der Waals surface area contributed by atoms with Gasteiger partial charge in [-0.05, 0) is 53.3 Å². The normalized spacial score (nSPS) is 16.3. The van der Waals surface area contributed by atoms with E-state index in [9.17, 15) is 4.79 Å². The fraction of sp³-hybridized carbons (Fsp3) is 0.148. The van der Waals surface area contributed by atoms with Gasteiger partial charge < -0.3 is 26.8 Å². The molecule has 8 heteroatoms. The number of fused-ring (bicyclic) bond motifs is 2. The minimum atomic E-state index is -0.553. The van der Waals surface area contributed by atoms with Crippen molar-refractivity contribution in [3.63, 3.8) is 0 Å². The molecule has 2 aliphatic rings. The van der Waals surface area contributed by atoms with E-state index in [1.807, 2.05) is 60.0 Å². The third-order valence-corrected chi connectivity index (χ3v) is 7.97. The molecule has 6 N–H and O–H groups in total. The van der Waals surface area contributed by atoms with Gasteiger partial charge in [-0.2, -0.15) is 0 Å². The summed E-state index contributed by atoms with van der Waals surface area (Å²) >= 11 is 3.25. The SMILES string of the molecule is COc1ccc2c(c1C(=O)NC(N)CC1=CCC(=C(N)c3cccs3)C=C1)Nc1ccccc1S2. The monoisotopic (exact) mass is 502 g/mol. The maximum atomic E-state index is 13.4. The number of ether oxygens (including phenoxy) is 1. The van der Waals surface area contributed by atoms with Crippen molar-refractivity contribution >= 4 is 46.1 Å². The lowest BCUT2D eigenvalue weighted by Gasteiger charge is -2.25. The molecule has 1 atom stereocenters. The number of allylic oxidation sites excluding steroid dienone is 4. The van der Waals surface area contributed by atoms with Crippen LogP contribution in [0.4, 0.5) is 11.4 Å². The molecule has 0 bridgehead atoms. The van der Waals surface area contributed by atoms with Crippen LogP contribution in [-0.4, -0.2) is 19.2 Å². The summed E-state index contributed by atoms with van der Waals surface area (Å²) in [6, 6.07) is 15.8. The number of amides is 1. The Hall–Kier alpha value is -3.46. The summed E-state index contributed by atoms with van der Waals surface area (Å²) in [5.74, 6) is 0.220. The Morgan fingerprint density at radius 3 is 2.74 bits per heavy atom. The van der Waals surface area contributed by atoms with Crippen molar-refractivity contribution in [1.29, 1.82) is 0 Å². The highest BCUT2D eigenvalue weighted by molar-refractivity contribution is 7.99. The predicted octanol–water partition coefficient (Wildman–Crippen LogP) is 5.63. The predicted molar refractivity (Wildman–Crippen MR) is 144 cm³/mol. The van der Waals surface area contributed by atoms with Gasteiger partial charge in [-0.3, -0.25) is 4.79 Å². The number of para-hydroxylation sites is 1. The van der Waals surface area contributed by atoms with E-state index >= 15 is 0 Å². The Bertz CT molecular complexity index is 1360. The van der Waals surface area contributed by atoms with Crippen LogP contribution in [0.3, 0.4) is 0 Å². The first-order chi connectivity index (χ1) is 17.0. The molecule has 5 rings (SSSR count). The fourth-order valence-corrected chi connectivity index (χ4v) is 5.88. The van der Waals surface area contributed by atoms with Crippen LogP contribution in [0.5, 0.6) is 5.75 Å². The van der Waals surface area contributed by atoms with Crippen LogP contribution in [0.1, 0.15) is 28.1 Å². The molecular weight excluding hydrogens is 476 g/mol. The van der Waals surface area contributed by atoms with E-state index in [0.717, 1.165) is 49.3 Å². The maximum Gasteiger partial charge on any atom is 0.258 e. The molecule has 1 aromatic heterocycles. The first-order valence-electron chi connectivity index (χ1n) is 11.2. The van der Waals surface area contributed by atoms with Crippen molar-refractivity contribution in [2.45, 2.75) is 28.8 Å². The summed E-state index contributed by atoms with van der Waals surface area (Å²) < 4.78 is 5.53. The van der Waals surface area contributed by atoms with E-state index in [2.05, 4.69) is 22.8 Å². The highest BCUT2D eigenvalue weighted by Crippen LogP contribution is 2.47. The number of hydrogen-bond acceptors (Lipinski definition) is 7. The molecule has 178 valence electrons. The molecule has 35 heavy (non-hydrogen) atoms. The zero-order valence-corrected chi connectivity index (χ0v) is 20.8. The minimum Gasteiger partial charge on any atom is -0.496 e. The molecule has 2 heterocycles. The third-order valence-electron chi connectivity index (χ3n) is 5.93. The third kappa shape index (κ3) is 4.86. The average molecular weight is 503 g/mol. The smallest absolute Gasteiger partial charge is 0.258 e. The average Bonchev–Trinajstić information content (AvgIpc) is 3.41. The van der Waals surface area contributed by atoms with Gasteiger partial charge in [0.15, 0.2) is 0 Å². The van der Waals surface area contributed by atoms with E-state index < -0.39 is 6.17 Å². The second kappa shape index (κ2) is 10.0. The Morgan fingerprint density at radius 1 is 1.14 bits per heavy atom. The minimum absolute atomic E-state index is 0.276. The summed E-state index contributed by atoms with van der Waals surface area (Å²) in [5.41, 5.74) is 17.7. The van der Waals surface area contributed by atoms with E-state index in [1.165, 1.54) is 0 Å². The summed E-state index contributed by atoms with van der Waals surface area (Å²) in [6.07, 6.45) is 6.86. The molecule has 2 aromatic carbocycles. The number of benzene rings is 2. The highest BCUT2D eigenvalue weighted by Gasteiger charge is 2.26. The first-order valence-corrected chi connectivity index (χ1v) is 12.9. The molecule has 0 saturated carbocycles. The second-order valence-corrected chi connectivity index (χ2v) is 10.3. The number of hydrogen-bond donors (Lipinski definition) is 4. The Balaban J connectivity index is 1.29. The Labute approximate surface area is 212 Å². The quantitative estimate of drug-likeness (QED) is 0.255. The van der Waals surface area contributed by atoms with E-state index in [1.54, 1.807) is 30.2 Å². The Morgan fingerprint density at radius 2 is 2.00 bits per heavy atom. The van der Waals surface area contributed by atoms with Crippen LogP contribution in [0.15, 0.2) is 93.1 Å². The van der Waals surface area contributed by atoms with Crippen LogP contribution in [0, 0.1) is 0 Å². The van der Waals surface area contributed by atoms with Gasteiger partial charge in [0.25, 0.3) is 5.91 Å². The number of anilines is 2. The van der Waals surface area contributed by atoms with Gasteiger partial charge in [0.1, 0.15) is 11.3 Å². The first kappa shape index (κ1) is 23.3. The molecule has 1 aliphatic carbocycles. The van der Waals surface area contributed by atoms with Crippen LogP contribution in [0.25, 0.3) is 5.70 Å². The van der Waals surface area contributed by atoms with Gasteiger partial charge >= 0.3 is 0 Å². The van der Waals surface area contributed by atoms with Crippen LogP contribution in [0.2, 0.25) is 0 Å². The van der Waals surface area contributed by atoms with E-state index in [-0.39, 0.29) is 5.91 Å². The second-order valence-electron chi connectivity index (χ2n) is 8.26. The zero-order valence-electron chi connectivity index (χ0n) is 19.2. The zero-order chi connectivity index (χ0) is 24.4.